The van der Waals surface area contributed by atoms with Crippen molar-refractivity contribution < 1.29 is 9.90 Å². The molecular weight excluding hydrogens is 184 g/mol. The van der Waals surface area contributed by atoms with E-state index in [4.69, 9.17) is 0 Å². The van der Waals surface area contributed by atoms with Gasteiger partial charge in [0, 0.05) is 25.8 Å². The van der Waals surface area contributed by atoms with Crippen molar-refractivity contribution in [2.45, 2.75) is 5.60 Å². The summed E-state index contributed by atoms with van der Waals surface area (Å²) in [6, 6.07) is 1.58. The number of hydrogen-bond donors (Lipinski definition) is 4. The van der Waals surface area contributed by atoms with E-state index >= 15 is 0 Å². The summed E-state index contributed by atoms with van der Waals surface area (Å²) < 4.78 is 0. The molecule has 1 aromatic heterocycles. The molecule has 0 aromatic carbocycles. The molecule has 0 atom stereocenters. The summed E-state index contributed by atoms with van der Waals surface area (Å²) in [7, 11) is 0. The van der Waals surface area contributed by atoms with Crippen molar-refractivity contribution in [1.82, 2.24) is 20.8 Å². The monoisotopic (exact) mass is 196 g/mol. The minimum Gasteiger partial charge on any atom is -0.385 e. The normalized spacial score (nSPS) is 18.6. The summed E-state index contributed by atoms with van der Waals surface area (Å²) >= 11 is 0. The zero-order valence-electron chi connectivity index (χ0n) is 7.58. The van der Waals surface area contributed by atoms with Gasteiger partial charge >= 0.3 is 0 Å². The summed E-state index contributed by atoms with van der Waals surface area (Å²) in [6.07, 6.45) is 1.51. The van der Waals surface area contributed by atoms with Gasteiger partial charge in [0.2, 0.25) is 0 Å². The van der Waals surface area contributed by atoms with E-state index in [9.17, 15) is 9.90 Å². The Balaban J connectivity index is 1.84. The van der Waals surface area contributed by atoms with Crippen molar-refractivity contribution in [1.29, 1.82) is 0 Å². The number of rotatable bonds is 3. The summed E-state index contributed by atoms with van der Waals surface area (Å²) in [5.41, 5.74) is -0.378. The molecule has 0 aliphatic carbocycles. The van der Waals surface area contributed by atoms with Gasteiger partial charge in [-0.1, -0.05) is 0 Å². The highest BCUT2D eigenvalue weighted by atomic mass is 16.3. The summed E-state index contributed by atoms with van der Waals surface area (Å²) in [6.45, 7) is 1.31. The number of nitrogens with one attached hydrogen (secondary N) is 3. The van der Waals surface area contributed by atoms with Crippen LogP contribution in [0.5, 0.6) is 0 Å². The Labute approximate surface area is 80.7 Å². The van der Waals surface area contributed by atoms with Crippen LogP contribution in [0.1, 0.15) is 10.5 Å². The van der Waals surface area contributed by atoms with Crippen LogP contribution in [0.15, 0.2) is 12.3 Å². The first-order valence-electron chi connectivity index (χ1n) is 4.40. The number of amides is 1. The molecule has 1 fully saturated rings. The van der Waals surface area contributed by atoms with Crippen molar-refractivity contribution in [3.63, 3.8) is 0 Å². The van der Waals surface area contributed by atoms with Crippen molar-refractivity contribution in [3.8, 4) is 0 Å². The molecule has 6 nitrogen and oxygen atoms in total. The fraction of sp³-hybridized carbons (Fsp3) is 0.500. The standard InChI is InChI=1S/C8H12N4O2/c13-7(6-1-2-11-12-6)10-5-8(14)3-9-4-8/h1-2,9,14H,3-5H2,(H,10,13)(H,11,12). The maximum Gasteiger partial charge on any atom is 0.269 e. The summed E-state index contributed by atoms with van der Waals surface area (Å²) in [4.78, 5) is 11.4. The Kier molecular flexibility index (Phi) is 2.22. The van der Waals surface area contributed by atoms with Gasteiger partial charge in [-0.3, -0.25) is 9.89 Å². The van der Waals surface area contributed by atoms with Crippen molar-refractivity contribution in [2.75, 3.05) is 19.6 Å². The molecule has 0 bridgehead atoms. The third-order valence-electron chi connectivity index (χ3n) is 2.23. The first-order chi connectivity index (χ1) is 6.70. The van der Waals surface area contributed by atoms with Gasteiger partial charge in [0.15, 0.2) is 0 Å². The first-order valence-corrected chi connectivity index (χ1v) is 4.40. The van der Waals surface area contributed by atoms with Gasteiger partial charge in [-0.05, 0) is 6.07 Å². The second-order valence-electron chi connectivity index (χ2n) is 3.48. The molecule has 1 aliphatic heterocycles. The van der Waals surface area contributed by atoms with Gasteiger partial charge in [0.05, 0.1) is 0 Å². The number of aromatic amines is 1. The Morgan fingerprint density at radius 2 is 2.50 bits per heavy atom. The second-order valence-corrected chi connectivity index (χ2v) is 3.48. The van der Waals surface area contributed by atoms with E-state index in [1.807, 2.05) is 0 Å². The highest BCUT2D eigenvalue weighted by Crippen LogP contribution is 2.08. The SMILES string of the molecule is O=C(NCC1(O)CNC1)c1ccn[nH]1. The van der Waals surface area contributed by atoms with E-state index in [0.29, 0.717) is 18.8 Å². The Bertz CT molecular complexity index is 318. The number of H-pyrrole nitrogens is 1. The minimum atomic E-state index is -0.782. The molecule has 14 heavy (non-hydrogen) atoms. The van der Waals surface area contributed by atoms with Crippen molar-refractivity contribution in [3.05, 3.63) is 18.0 Å². The lowest BCUT2D eigenvalue weighted by molar-refractivity contribution is -0.00763. The maximum atomic E-state index is 11.4. The smallest absolute Gasteiger partial charge is 0.269 e. The molecule has 0 unspecified atom stereocenters. The third kappa shape index (κ3) is 1.75. The zero-order chi connectivity index (χ0) is 10.0. The van der Waals surface area contributed by atoms with Gasteiger partial charge in [-0.25, -0.2) is 0 Å². The Morgan fingerprint density at radius 1 is 1.71 bits per heavy atom. The van der Waals surface area contributed by atoms with Crippen LogP contribution in [0.4, 0.5) is 0 Å². The molecule has 1 saturated heterocycles. The molecule has 2 heterocycles. The number of nitrogens with zero attached hydrogens (tertiary/aromatic N) is 1. The average molecular weight is 196 g/mol. The Morgan fingerprint density at radius 3 is 3.00 bits per heavy atom. The van der Waals surface area contributed by atoms with E-state index in [1.54, 1.807) is 6.07 Å². The van der Waals surface area contributed by atoms with E-state index < -0.39 is 5.60 Å². The molecule has 4 N–H and O–H groups in total. The average Bonchev–Trinajstić information content (AvgIpc) is 2.63. The number of β-amino-alcohol motifs (C(OH)–C–C–N with tert-alkyl or cyclic N) is 1. The molecule has 76 valence electrons. The van der Waals surface area contributed by atoms with Crippen LogP contribution < -0.4 is 10.6 Å². The maximum absolute atomic E-state index is 11.4. The van der Waals surface area contributed by atoms with Gasteiger partial charge in [0.25, 0.3) is 5.91 Å². The fourth-order valence-corrected chi connectivity index (χ4v) is 1.26. The lowest BCUT2D eigenvalue weighted by atomic mass is 9.97. The highest BCUT2D eigenvalue weighted by molar-refractivity contribution is 5.92. The lowest BCUT2D eigenvalue weighted by Crippen LogP contribution is -2.64. The second kappa shape index (κ2) is 3.39. The number of carbonyl (C=O) groups is 1. The van der Waals surface area contributed by atoms with Gasteiger partial charge in [-0.2, -0.15) is 5.10 Å². The zero-order valence-corrected chi connectivity index (χ0v) is 7.58. The summed E-state index contributed by atoms with van der Waals surface area (Å²) in [5, 5.41) is 21.4. The predicted octanol–water partition coefficient (Wildman–Crippen LogP) is -1.53. The number of hydrogen-bond acceptors (Lipinski definition) is 4. The van der Waals surface area contributed by atoms with Gasteiger partial charge in [-0.15, -0.1) is 0 Å². The van der Waals surface area contributed by atoms with Crippen molar-refractivity contribution in [2.24, 2.45) is 0 Å². The van der Waals surface area contributed by atoms with Gasteiger partial charge < -0.3 is 15.7 Å². The number of carbonyl (C=O) groups excluding carboxylic acids is 1. The van der Waals surface area contributed by atoms with Crippen LogP contribution in [0.3, 0.4) is 0 Å². The molecule has 0 saturated carbocycles. The highest BCUT2D eigenvalue weighted by Gasteiger charge is 2.34. The molecular formula is C8H12N4O2. The van der Waals surface area contributed by atoms with Crippen molar-refractivity contribution >= 4 is 5.91 Å². The van der Waals surface area contributed by atoms with Crippen LogP contribution in [-0.4, -0.2) is 46.4 Å². The molecule has 1 aromatic rings. The quantitative estimate of drug-likeness (QED) is 0.472. The lowest BCUT2D eigenvalue weighted by Gasteiger charge is -2.37. The van der Waals surface area contributed by atoms with Crippen LogP contribution >= 0.6 is 0 Å². The molecule has 1 amide bonds. The van der Waals surface area contributed by atoms with Gasteiger partial charge in [0.1, 0.15) is 11.3 Å². The molecule has 1 aliphatic rings. The topological polar surface area (TPSA) is 90.0 Å². The van der Waals surface area contributed by atoms with Crippen LogP contribution in [0.2, 0.25) is 0 Å². The number of aliphatic hydroxyl groups is 1. The molecule has 0 radical (unpaired) electrons. The minimum absolute atomic E-state index is 0.247. The predicted molar refractivity (Wildman–Crippen MR) is 48.7 cm³/mol. The number of aromatic nitrogens is 2. The van der Waals surface area contributed by atoms with E-state index in [1.165, 1.54) is 6.20 Å². The van der Waals surface area contributed by atoms with E-state index in [-0.39, 0.29) is 12.5 Å². The van der Waals surface area contributed by atoms with Crippen LogP contribution in [-0.2, 0) is 0 Å². The Hall–Kier alpha value is -1.40. The van der Waals surface area contributed by atoms with Crippen LogP contribution in [0.25, 0.3) is 0 Å². The molecule has 6 heteroatoms. The fourth-order valence-electron chi connectivity index (χ4n) is 1.26. The van der Waals surface area contributed by atoms with Crippen LogP contribution in [0, 0.1) is 0 Å². The first kappa shape index (κ1) is 9.17. The largest absolute Gasteiger partial charge is 0.385 e. The van der Waals surface area contributed by atoms with E-state index in [2.05, 4.69) is 20.8 Å². The van der Waals surface area contributed by atoms with E-state index in [0.717, 1.165) is 0 Å². The summed E-state index contributed by atoms with van der Waals surface area (Å²) in [5.74, 6) is -0.247. The molecule has 0 spiro atoms. The molecule has 2 rings (SSSR count). The third-order valence-corrected chi connectivity index (χ3v) is 2.23.